The molecule has 88 valence electrons. The molecule has 0 fully saturated rings. The second-order valence-electron chi connectivity index (χ2n) is 3.53. The summed E-state index contributed by atoms with van der Waals surface area (Å²) in [6.45, 7) is 3.61. The normalized spacial score (nSPS) is 10.6. The summed E-state index contributed by atoms with van der Waals surface area (Å²) in [5.74, 6) is -0.761. The Balaban J connectivity index is 2.56. The fourth-order valence-corrected chi connectivity index (χ4v) is 1.23. The Labute approximate surface area is 98.5 Å². The molecule has 0 spiro atoms. The van der Waals surface area contributed by atoms with Gasteiger partial charge in [0, 0.05) is 0 Å². The van der Waals surface area contributed by atoms with E-state index in [9.17, 15) is 9.18 Å². The van der Waals surface area contributed by atoms with Crippen molar-refractivity contribution in [2.75, 3.05) is 11.9 Å². The highest BCUT2D eigenvalue weighted by molar-refractivity contribution is 6.33. The third-order valence-electron chi connectivity index (χ3n) is 1.75. The van der Waals surface area contributed by atoms with Crippen molar-refractivity contribution in [3.05, 3.63) is 29.0 Å². The monoisotopic (exact) mass is 245 g/mol. The molecule has 0 atom stereocenters. The van der Waals surface area contributed by atoms with Gasteiger partial charge >= 0.3 is 0 Å². The molecule has 0 heterocycles. The van der Waals surface area contributed by atoms with Gasteiger partial charge < -0.3 is 10.1 Å². The number of amides is 1. The first-order chi connectivity index (χ1) is 7.49. The summed E-state index contributed by atoms with van der Waals surface area (Å²) in [7, 11) is 0. The van der Waals surface area contributed by atoms with Crippen LogP contribution in [0.15, 0.2) is 18.2 Å². The molecule has 0 radical (unpaired) electrons. The van der Waals surface area contributed by atoms with Crippen LogP contribution in [0.3, 0.4) is 0 Å². The number of nitrogens with one attached hydrogen (secondary N) is 1. The first kappa shape index (κ1) is 12.9. The summed E-state index contributed by atoms with van der Waals surface area (Å²) in [6, 6.07) is 3.77. The number of ether oxygens (including phenoxy) is 1. The van der Waals surface area contributed by atoms with Crippen molar-refractivity contribution in [1.29, 1.82) is 0 Å². The van der Waals surface area contributed by atoms with Crippen molar-refractivity contribution in [3.8, 4) is 0 Å². The highest BCUT2D eigenvalue weighted by atomic mass is 35.5. The number of hydrogen-bond donors (Lipinski definition) is 1. The number of carbonyl (C=O) groups is 1. The molecule has 0 aliphatic carbocycles. The van der Waals surface area contributed by atoms with Crippen LogP contribution in [-0.2, 0) is 9.53 Å². The van der Waals surface area contributed by atoms with Crippen LogP contribution in [0.25, 0.3) is 0 Å². The van der Waals surface area contributed by atoms with Gasteiger partial charge in [-0.05, 0) is 32.0 Å². The maximum atomic E-state index is 12.7. The third-order valence-corrected chi connectivity index (χ3v) is 2.07. The standard InChI is InChI=1S/C11H13ClFNO2/c1-7(2)16-6-11(15)14-10-4-3-8(13)5-9(10)12/h3-5,7H,6H2,1-2H3,(H,14,15). The predicted octanol–water partition coefficient (Wildman–Crippen LogP) is 2.84. The van der Waals surface area contributed by atoms with E-state index in [1.807, 2.05) is 13.8 Å². The number of carbonyl (C=O) groups excluding carboxylic acids is 1. The van der Waals surface area contributed by atoms with Gasteiger partial charge in [-0.1, -0.05) is 11.6 Å². The van der Waals surface area contributed by atoms with E-state index in [1.54, 1.807) is 0 Å². The Kier molecular flexibility index (Phi) is 4.71. The van der Waals surface area contributed by atoms with Crippen molar-refractivity contribution in [2.24, 2.45) is 0 Å². The summed E-state index contributed by atoms with van der Waals surface area (Å²) >= 11 is 5.74. The van der Waals surface area contributed by atoms with Gasteiger partial charge in [0.15, 0.2) is 0 Å². The van der Waals surface area contributed by atoms with Gasteiger partial charge in [-0.25, -0.2) is 4.39 Å². The highest BCUT2D eigenvalue weighted by Crippen LogP contribution is 2.22. The molecule has 0 unspecified atom stereocenters. The van der Waals surface area contributed by atoms with Gasteiger partial charge in [0.1, 0.15) is 12.4 Å². The molecular formula is C11H13ClFNO2. The van der Waals surface area contributed by atoms with Crippen molar-refractivity contribution in [1.82, 2.24) is 0 Å². The number of hydrogen-bond acceptors (Lipinski definition) is 2. The average molecular weight is 246 g/mol. The largest absolute Gasteiger partial charge is 0.369 e. The van der Waals surface area contributed by atoms with Crippen LogP contribution in [-0.4, -0.2) is 18.6 Å². The number of halogens is 2. The topological polar surface area (TPSA) is 38.3 Å². The summed E-state index contributed by atoms with van der Waals surface area (Å²) in [5.41, 5.74) is 0.375. The Morgan fingerprint density at radius 2 is 2.25 bits per heavy atom. The minimum absolute atomic E-state index is 0.0190. The van der Waals surface area contributed by atoms with E-state index < -0.39 is 5.82 Å². The molecule has 1 aromatic carbocycles. The summed E-state index contributed by atoms with van der Waals surface area (Å²) in [6.07, 6.45) is -0.0190. The number of anilines is 1. The van der Waals surface area contributed by atoms with E-state index in [4.69, 9.17) is 16.3 Å². The number of benzene rings is 1. The molecule has 16 heavy (non-hydrogen) atoms. The second-order valence-corrected chi connectivity index (χ2v) is 3.94. The van der Waals surface area contributed by atoms with Crippen molar-refractivity contribution in [2.45, 2.75) is 20.0 Å². The lowest BCUT2D eigenvalue weighted by Gasteiger charge is -2.09. The molecule has 1 amide bonds. The molecule has 1 aromatic rings. The molecule has 0 aromatic heterocycles. The van der Waals surface area contributed by atoms with Crippen LogP contribution >= 0.6 is 11.6 Å². The zero-order valence-corrected chi connectivity index (χ0v) is 9.84. The maximum absolute atomic E-state index is 12.7. The molecule has 3 nitrogen and oxygen atoms in total. The smallest absolute Gasteiger partial charge is 0.250 e. The zero-order valence-electron chi connectivity index (χ0n) is 9.09. The molecule has 0 bridgehead atoms. The molecule has 1 N–H and O–H groups in total. The van der Waals surface area contributed by atoms with Gasteiger partial charge in [-0.2, -0.15) is 0 Å². The van der Waals surface area contributed by atoms with Crippen molar-refractivity contribution >= 4 is 23.2 Å². The summed E-state index contributed by atoms with van der Waals surface area (Å²) < 4.78 is 17.8. The first-order valence-corrected chi connectivity index (χ1v) is 5.23. The van der Waals surface area contributed by atoms with Crippen LogP contribution in [0.5, 0.6) is 0 Å². The second kappa shape index (κ2) is 5.82. The summed E-state index contributed by atoms with van der Waals surface area (Å²) in [5, 5.41) is 2.69. The van der Waals surface area contributed by atoms with Gasteiger partial charge in [-0.15, -0.1) is 0 Å². The van der Waals surface area contributed by atoms with Gasteiger partial charge in [0.25, 0.3) is 0 Å². The predicted molar refractivity (Wildman–Crippen MR) is 61.1 cm³/mol. The quantitative estimate of drug-likeness (QED) is 0.886. The van der Waals surface area contributed by atoms with Crippen LogP contribution in [0.2, 0.25) is 5.02 Å². The lowest BCUT2D eigenvalue weighted by atomic mass is 10.3. The van der Waals surface area contributed by atoms with E-state index >= 15 is 0 Å². The fourth-order valence-electron chi connectivity index (χ4n) is 1.02. The summed E-state index contributed by atoms with van der Waals surface area (Å²) in [4.78, 5) is 11.4. The SMILES string of the molecule is CC(C)OCC(=O)Nc1ccc(F)cc1Cl. The van der Waals surface area contributed by atoms with E-state index in [-0.39, 0.29) is 23.6 Å². The van der Waals surface area contributed by atoms with Crippen LogP contribution in [0, 0.1) is 5.82 Å². The lowest BCUT2D eigenvalue weighted by Crippen LogP contribution is -2.20. The van der Waals surface area contributed by atoms with E-state index in [1.165, 1.54) is 12.1 Å². The molecule has 0 saturated heterocycles. The molecule has 0 saturated carbocycles. The minimum Gasteiger partial charge on any atom is -0.369 e. The Morgan fingerprint density at radius 3 is 2.81 bits per heavy atom. The number of rotatable bonds is 4. The molecule has 1 rings (SSSR count). The molecular weight excluding hydrogens is 233 g/mol. The van der Waals surface area contributed by atoms with Gasteiger partial charge in [0.05, 0.1) is 16.8 Å². The van der Waals surface area contributed by atoms with Crippen LogP contribution in [0.1, 0.15) is 13.8 Å². The minimum atomic E-state index is -0.443. The third kappa shape index (κ3) is 4.16. The highest BCUT2D eigenvalue weighted by Gasteiger charge is 2.07. The van der Waals surface area contributed by atoms with E-state index in [2.05, 4.69) is 5.32 Å². The van der Waals surface area contributed by atoms with Crippen molar-refractivity contribution in [3.63, 3.8) is 0 Å². The zero-order chi connectivity index (χ0) is 12.1. The Morgan fingerprint density at radius 1 is 1.56 bits per heavy atom. The molecule has 0 aliphatic rings. The van der Waals surface area contributed by atoms with E-state index in [0.29, 0.717) is 5.69 Å². The average Bonchev–Trinajstić information content (AvgIpc) is 2.19. The fraction of sp³-hybridized carbons (Fsp3) is 0.364. The van der Waals surface area contributed by atoms with Crippen LogP contribution < -0.4 is 5.32 Å². The Bertz CT molecular complexity index is 382. The molecule has 5 heteroatoms. The van der Waals surface area contributed by atoms with Gasteiger partial charge in [0.2, 0.25) is 5.91 Å². The molecule has 0 aliphatic heterocycles. The maximum Gasteiger partial charge on any atom is 0.250 e. The van der Waals surface area contributed by atoms with E-state index in [0.717, 1.165) is 6.07 Å². The first-order valence-electron chi connectivity index (χ1n) is 4.85. The lowest BCUT2D eigenvalue weighted by molar-refractivity contribution is -0.121. The Hall–Kier alpha value is -1.13. The van der Waals surface area contributed by atoms with Crippen LogP contribution in [0.4, 0.5) is 10.1 Å². The van der Waals surface area contributed by atoms with Gasteiger partial charge in [-0.3, -0.25) is 4.79 Å². The van der Waals surface area contributed by atoms with Crippen molar-refractivity contribution < 1.29 is 13.9 Å².